The van der Waals surface area contributed by atoms with Gasteiger partial charge in [0.1, 0.15) is 5.78 Å². The van der Waals surface area contributed by atoms with Crippen LogP contribution in [0.1, 0.15) is 64.2 Å². The molecule has 0 spiro atoms. The number of ketones is 1. The number of hydrogen-bond donors (Lipinski definition) is 0. The maximum atomic E-state index is 13.9. The molecule has 24 heavy (non-hydrogen) atoms. The Morgan fingerprint density at radius 2 is 1.25 bits per heavy atom. The molecule has 6 aliphatic carbocycles. The molecule has 0 aliphatic heterocycles. The molecule has 4 fully saturated rings. The van der Waals surface area contributed by atoms with Crippen LogP contribution in [-0.2, 0) is 4.79 Å². The van der Waals surface area contributed by atoms with Crippen LogP contribution in [-0.4, -0.2) is 5.78 Å². The molecule has 0 saturated heterocycles. The first-order chi connectivity index (χ1) is 11.7. The summed E-state index contributed by atoms with van der Waals surface area (Å²) in [5.74, 6) is 4.97. The Hall–Kier alpha value is -0.850. The van der Waals surface area contributed by atoms with Gasteiger partial charge in [-0.25, -0.2) is 0 Å². The van der Waals surface area contributed by atoms with Crippen molar-refractivity contribution in [1.82, 2.24) is 0 Å². The van der Waals surface area contributed by atoms with Crippen LogP contribution in [0.4, 0.5) is 0 Å². The molecule has 0 heterocycles. The van der Waals surface area contributed by atoms with E-state index in [4.69, 9.17) is 0 Å². The third-order valence-corrected chi connectivity index (χ3v) is 9.84. The van der Waals surface area contributed by atoms with Crippen molar-refractivity contribution in [3.05, 3.63) is 24.3 Å². The van der Waals surface area contributed by atoms with E-state index in [9.17, 15) is 4.79 Å². The molecule has 6 aliphatic rings. The number of hydrogen-bond acceptors (Lipinski definition) is 1. The fraction of sp³-hybridized carbons (Fsp3) is 0.783. The topological polar surface area (TPSA) is 17.1 Å². The predicted molar refractivity (Wildman–Crippen MR) is 95.3 cm³/mol. The summed E-state index contributed by atoms with van der Waals surface area (Å²) in [5.41, 5.74) is 0.768. The molecule has 0 aromatic heterocycles. The Labute approximate surface area is 146 Å². The maximum absolute atomic E-state index is 13.9. The minimum absolute atomic E-state index is 0.384. The summed E-state index contributed by atoms with van der Waals surface area (Å²) in [7, 11) is 0. The van der Waals surface area contributed by atoms with Crippen LogP contribution in [0.5, 0.6) is 0 Å². The number of carbonyl (C=O) groups excluding carboxylic acids is 1. The lowest BCUT2D eigenvalue weighted by atomic mass is 9.59. The SMILES string of the molecule is O=C([C@H]1C[C@@H]2CC[C@]13CC=CC[C@H]23)[C@@H]1C[C@@H]2CC[C@]13CC=CC[C@H]23. The molecule has 1 nitrogen and oxygen atoms in total. The second-order valence-electron chi connectivity index (χ2n) is 10.1. The second-order valence-corrected chi connectivity index (χ2v) is 10.1. The average Bonchev–Trinajstić information content (AvgIpc) is 3.35. The van der Waals surface area contributed by atoms with Crippen LogP contribution in [0.3, 0.4) is 0 Å². The zero-order valence-corrected chi connectivity index (χ0v) is 14.8. The second kappa shape index (κ2) is 4.65. The van der Waals surface area contributed by atoms with Gasteiger partial charge in [-0.2, -0.15) is 0 Å². The summed E-state index contributed by atoms with van der Waals surface area (Å²) in [4.78, 5) is 13.9. The highest BCUT2D eigenvalue weighted by molar-refractivity contribution is 5.86. The summed E-state index contributed by atoms with van der Waals surface area (Å²) < 4.78 is 0. The Balaban J connectivity index is 1.35. The monoisotopic (exact) mass is 322 g/mol. The normalized spacial score (nSPS) is 56.5. The van der Waals surface area contributed by atoms with Crippen LogP contribution in [0.15, 0.2) is 24.3 Å². The minimum atomic E-state index is 0.384. The van der Waals surface area contributed by atoms with E-state index in [2.05, 4.69) is 24.3 Å². The molecular formula is C23H30O. The highest BCUT2D eigenvalue weighted by atomic mass is 16.1. The molecule has 0 aromatic carbocycles. The van der Waals surface area contributed by atoms with Gasteiger partial charge in [-0.05, 0) is 98.7 Å². The van der Waals surface area contributed by atoms with Gasteiger partial charge >= 0.3 is 0 Å². The van der Waals surface area contributed by atoms with E-state index in [1.165, 1.54) is 64.2 Å². The Kier molecular flexibility index (Phi) is 2.78. The van der Waals surface area contributed by atoms with Gasteiger partial charge in [-0.1, -0.05) is 24.3 Å². The molecule has 0 amide bonds. The van der Waals surface area contributed by atoms with E-state index in [1.54, 1.807) is 0 Å². The first-order valence-electron chi connectivity index (χ1n) is 10.6. The van der Waals surface area contributed by atoms with Crippen LogP contribution in [0.25, 0.3) is 0 Å². The van der Waals surface area contributed by atoms with E-state index >= 15 is 0 Å². The number of rotatable bonds is 2. The van der Waals surface area contributed by atoms with Crippen LogP contribution >= 0.6 is 0 Å². The van der Waals surface area contributed by atoms with Crippen molar-refractivity contribution in [3.8, 4) is 0 Å². The van der Waals surface area contributed by atoms with Gasteiger partial charge in [0.05, 0.1) is 0 Å². The molecule has 0 unspecified atom stereocenters. The molecule has 0 aromatic rings. The van der Waals surface area contributed by atoms with E-state index in [0.29, 0.717) is 22.7 Å². The maximum Gasteiger partial charge on any atom is 0.140 e. The summed E-state index contributed by atoms with van der Waals surface area (Å²) in [6.07, 6.45) is 22.5. The third-order valence-electron chi connectivity index (χ3n) is 9.84. The smallest absolute Gasteiger partial charge is 0.140 e. The molecular weight excluding hydrogens is 292 g/mol. The van der Waals surface area contributed by atoms with Crippen molar-refractivity contribution >= 4 is 5.78 Å². The highest BCUT2D eigenvalue weighted by Gasteiger charge is 2.66. The van der Waals surface area contributed by atoms with Gasteiger partial charge in [-0.3, -0.25) is 4.79 Å². The van der Waals surface area contributed by atoms with Gasteiger partial charge in [0.25, 0.3) is 0 Å². The third kappa shape index (κ3) is 1.52. The Morgan fingerprint density at radius 1 is 0.750 bits per heavy atom. The molecule has 8 atom stereocenters. The first-order valence-corrected chi connectivity index (χ1v) is 10.6. The molecule has 0 N–H and O–H groups in total. The zero-order valence-electron chi connectivity index (χ0n) is 14.8. The van der Waals surface area contributed by atoms with Crippen molar-refractivity contribution in [2.75, 3.05) is 0 Å². The highest BCUT2D eigenvalue weighted by Crippen LogP contribution is 2.70. The summed E-state index contributed by atoms with van der Waals surface area (Å²) in [5, 5.41) is 0. The molecule has 128 valence electrons. The fourth-order valence-corrected chi connectivity index (χ4v) is 8.90. The largest absolute Gasteiger partial charge is 0.299 e. The van der Waals surface area contributed by atoms with Crippen molar-refractivity contribution in [3.63, 3.8) is 0 Å². The van der Waals surface area contributed by atoms with Crippen molar-refractivity contribution in [2.24, 2.45) is 46.3 Å². The summed E-state index contributed by atoms with van der Waals surface area (Å²) in [6.45, 7) is 0. The minimum Gasteiger partial charge on any atom is -0.299 e. The van der Waals surface area contributed by atoms with Crippen LogP contribution in [0, 0.1) is 46.3 Å². The van der Waals surface area contributed by atoms with E-state index in [-0.39, 0.29) is 0 Å². The number of carbonyl (C=O) groups is 1. The molecule has 0 radical (unpaired) electrons. The van der Waals surface area contributed by atoms with Gasteiger partial charge in [0, 0.05) is 11.8 Å². The Morgan fingerprint density at radius 3 is 1.75 bits per heavy atom. The fourth-order valence-electron chi connectivity index (χ4n) is 8.90. The van der Waals surface area contributed by atoms with Crippen molar-refractivity contribution < 1.29 is 4.79 Å². The first kappa shape index (κ1) is 14.3. The lowest BCUT2D eigenvalue weighted by Gasteiger charge is -2.44. The average molecular weight is 322 g/mol. The summed E-state index contributed by atoms with van der Waals surface area (Å²) in [6, 6.07) is 0. The summed E-state index contributed by atoms with van der Waals surface area (Å²) >= 11 is 0. The van der Waals surface area contributed by atoms with E-state index in [0.717, 1.165) is 29.5 Å². The van der Waals surface area contributed by atoms with E-state index < -0.39 is 0 Å². The van der Waals surface area contributed by atoms with E-state index in [1.807, 2.05) is 0 Å². The quantitative estimate of drug-likeness (QED) is 0.629. The molecule has 1 heteroatoms. The number of Topliss-reactive ketones (excluding diaryl/α,β-unsaturated/α-hetero) is 1. The lowest BCUT2D eigenvalue weighted by molar-refractivity contribution is -0.136. The lowest BCUT2D eigenvalue weighted by Crippen LogP contribution is -2.43. The molecule has 4 bridgehead atoms. The molecule has 6 rings (SSSR count). The van der Waals surface area contributed by atoms with Gasteiger partial charge < -0.3 is 0 Å². The standard InChI is InChI=1S/C23H30O/c24-21(19-13-15-7-11-22(19)9-3-1-5-17(15)22)20-14-16-8-12-23(20)10-4-2-6-18(16)23/h1-4,15-20H,5-14H2/t15-,16-,17+,18+,19-,20+,22-,23-/m0/s1. The predicted octanol–water partition coefficient (Wildman–Crippen LogP) is 5.32. The van der Waals surface area contributed by atoms with Crippen LogP contribution in [0.2, 0.25) is 0 Å². The van der Waals surface area contributed by atoms with Gasteiger partial charge in [-0.15, -0.1) is 0 Å². The zero-order chi connectivity index (χ0) is 15.9. The van der Waals surface area contributed by atoms with Gasteiger partial charge in [0.15, 0.2) is 0 Å². The van der Waals surface area contributed by atoms with Crippen molar-refractivity contribution in [2.45, 2.75) is 64.2 Å². The number of allylic oxidation sites excluding steroid dienone is 4. The Bertz CT molecular complexity index is 590. The molecule has 4 saturated carbocycles. The van der Waals surface area contributed by atoms with Crippen LogP contribution < -0.4 is 0 Å². The van der Waals surface area contributed by atoms with Gasteiger partial charge in [0.2, 0.25) is 0 Å². The van der Waals surface area contributed by atoms with Crippen molar-refractivity contribution in [1.29, 1.82) is 0 Å².